The highest BCUT2D eigenvalue weighted by atomic mass is 16.2. The van der Waals surface area contributed by atoms with Gasteiger partial charge < -0.3 is 10.2 Å². The Kier molecular flexibility index (Phi) is 4.55. The van der Waals surface area contributed by atoms with E-state index < -0.39 is 0 Å². The summed E-state index contributed by atoms with van der Waals surface area (Å²) in [5.41, 5.74) is 1.13. The third-order valence-corrected chi connectivity index (χ3v) is 3.64. The molecule has 1 unspecified atom stereocenters. The van der Waals surface area contributed by atoms with Crippen molar-refractivity contribution in [2.75, 3.05) is 33.2 Å². The fourth-order valence-electron chi connectivity index (χ4n) is 2.32. The number of nitrogens with one attached hydrogen (secondary N) is 1. The Bertz CT molecular complexity index is 424. The van der Waals surface area contributed by atoms with Crippen LogP contribution in [-0.2, 0) is 18.4 Å². The lowest BCUT2D eigenvalue weighted by Crippen LogP contribution is -2.52. The summed E-state index contributed by atoms with van der Waals surface area (Å²) >= 11 is 0. The molecule has 0 radical (unpaired) electrons. The molecule has 6 nitrogen and oxygen atoms in total. The second-order valence-electron chi connectivity index (χ2n) is 5.19. The van der Waals surface area contributed by atoms with Crippen molar-refractivity contribution in [2.24, 2.45) is 7.05 Å². The van der Waals surface area contributed by atoms with Gasteiger partial charge in [-0.3, -0.25) is 14.4 Å². The van der Waals surface area contributed by atoms with E-state index in [1.807, 2.05) is 38.3 Å². The van der Waals surface area contributed by atoms with Crippen molar-refractivity contribution in [1.29, 1.82) is 0 Å². The van der Waals surface area contributed by atoms with Gasteiger partial charge in [0.25, 0.3) is 0 Å². The number of carbonyl (C=O) groups excluding carboxylic acids is 1. The quantitative estimate of drug-likeness (QED) is 0.810. The summed E-state index contributed by atoms with van der Waals surface area (Å²) in [4.78, 5) is 16.4. The van der Waals surface area contributed by atoms with Gasteiger partial charge in [-0.05, 0) is 14.0 Å². The van der Waals surface area contributed by atoms with Crippen LogP contribution in [0.25, 0.3) is 0 Å². The molecule has 1 amide bonds. The van der Waals surface area contributed by atoms with E-state index in [0.717, 1.165) is 38.3 Å². The lowest BCUT2D eigenvalue weighted by Gasteiger charge is -2.33. The van der Waals surface area contributed by atoms with Gasteiger partial charge in [-0.15, -0.1) is 0 Å². The summed E-state index contributed by atoms with van der Waals surface area (Å²) in [6.45, 7) is 6.12. The van der Waals surface area contributed by atoms with Gasteiger partial charge >= 0.3 is 0 Å². The molecular weight excluding hydrogens is 242 g/mol. The highest BCUT2D eigenvalue weighted by Gasteiger charge is 2.24. The first-order valence-electron chi connectivity index (χ1n) is 6.75. The molecular formula is C13H23N5O. The van der Waals surface area contributed by atoms with Crippen LogP contribution in [0.4, 0.5) is 0 Å². The Morgan fingerprint density at radius 1 is 1.53 bits per heavy atom. The third kappa shape index (κ3) is 3.54. The van der Waals surface area contributed by atoms with Gasteiger partial charge in [-0.2, -0.15) is 5.10 Å². The minimum atomic E-state index is -0.0988. The van der Waals surface area contributed by atoms with E-state index in [0.29, 0.717) is 0 Å². The van der Waals surface area contributed by atoms with Crippen LogP contribution < -0.4 is 5.32 Å². The molecule has 19 heavy (non-hydrogen) atoms. The minimum Gasteiger partial charge on any atom is -0.339 e. The number of likely N-dealkylation sites (N-methyl/N-ethyl adjacent to an activating group) is 1. The highest BCUT2D eigenvalue weighted by Crippen LogP contribution is 2.08. The fraction of sp³-hybridized carbons (Fsp3) is 0.692. The van der Waals surface area contributed by atoms with Gasteiger partial charge in [0.1, 0.15) is 0 Å². The van der Waals surface area contributed by atoms with Crippen molar-refractivity contribution in [3.05, 3.63) is 18.0 Å². The number of aryl methyl sites for hydroxylation is 1. The molecule has 1 aliphatic heterocycles. The molecule has 1 N–H and O–H groups in total. The predicted molar refractivity (Wildman–Crippen MR) is 73.6 cm³/mol. The van der Waals surface area contributed by atoms with Gasteiger partial charge in [0.05, 0.1) is 12.2 Å². The van der Waals surface area contributed by atoms with E-state index in [1.54, 1.807) is 4.68 Å². The van der Waals surface area contributed by atoms with E-state index in [2.05, 4.69) is 15.3 Å². The van der Waals surface area contributed by atoms with E-state index >= 15 is 0 Å². The molecule has 0 aliphatic carbocycles. The smallest absolute Gasteiger partial charge is 0.239 e. The van der Waals surface area contributed by atoms with Crippen LogP contribution in [-0.4, -0.2) is 64.8 Å². The number of piperazine rings is 1. The first kappa shape index (κ1) is 14.0. The van der Waals surface area contributed by atoms with Crippen molar-refractivity contribution in [2.45, 2.75) is 19.5 Å². The highest BCUT2D eigenvalue weighted by molar-refractivity contribution is 5.81. The molecule has 1 aromatic heterocycles. The summed E-state index contributed by atoms with van der Waals surface area (Å²) in [5.74, 6) is 0.216. The van der Waals surface area contributed by atoms with E-state index in [9.17, 15) is 4.79 Å². The summed E-state index contributed by atoms with van der Waals surface area (Å²) in [7, 11) is 3.89. The number of amides is 1. The van der Waals surface area contributed by atoms with Crippen LogP contribution >= 0.6 is 0 Å². The van der Waals surface area contributed by atoms with Crippen LogP contribution in [0.5, 0.6) is 0 Å². The molecule has 106 valence electrons. The summed E-state index contributed by atoms with van der Waals surface area (Å²) in [6.07, 6.45) is 3.83. The topological polar surface area (TPSA) is 53.4 Å². The van der Waals surface area contributed by atoms with Crippen molar-refractivity contribution in [3.63, 3.8) is 0 Å². The molecule has 2 rings (SSSR count). The second kappa shape index (κ2) is 6.16. The van der Waals surface area contributed by atoms with Crippen LogP contribution in [0.3, 0.4) is 0 Å². The maximum Gasteiger partial charge on any atom is 0.239 e. The van der Waals surface area contributed by atoms with Gasteiger partial charge in [0.2, 0.25) is 5.91 Å². The number of hydrogen-bond acceptors (Lipinski definition) is 4. The van der Waals surface area contributed by atoms with Crippen LogP contribution in [0.1, 0.15) is 12.5 Å². The zero-order valence-corrected chi connectivity index (χ0v) is 12.0. The summed E-state index contributed by atoms with van der Waals surface area (Å²) in [5, 5.41) is 7.41. The van der Waals surface area contributed by atoms with E-state index in [1.165, 1.54) is 0 Å². The predicted octanol–water partition coefficient (Wildman–Crippen LogP) is -0.328. The van der Waals surface area contributed by atoms with Gasteiger partial charge in [-0.25, -0.2) is 0 Å². The maximum absolute atomic E-state index is 12.4. The number of hydrogen-bond donors (Lipinski definition) is 1. The van der Waals surface area contributed by atoms with Crippen LogP contribution in [0.2, 0.25) is 0 Å². The Labute approximate surface area is 114 Å². The molecule has 0 spiro atoms. The zero-order chi connectivity index (χ0) is 13.8. The van der Waals surface area contributed by atoms with Crippen LogP contribution in [0.15, 0.2) is 12.4 Å². The lowest BCUT2D eigenvalue weighted by molar-refractivity contribution is -0.136. The largest absolute Gasteiger partial charge is 0.339 e. The maximum atomic E-state index is 12.4. The first-order chi connectivity index (χ1) is 9.08. The monoisotopic (exact) mass is 265 g/mol. The molecule has 0 saturated carbocycles. The molecule has 1 aromatic rings. The second-order valence-corrected chi connectivity index (χ2v) is 5.19. The van der Waals surface area contributed by atoms with Crippen molar-refractivity contribution < 1.29 is 4.79 Å². The Balaban J connectivity index is 1.90. The van der Waals surface area contributed by atoms with E-state index in [4.69, 9.17) is 0 Å². The van der Waals surface area contributed by atoms with E-state index in [-0.39, 0.29) is 11.9 Å². The molecule has 6 heteroatoms. The SMILES string of the molecule is CC(C(=O)N1CCNCC1)N(C)Cc1cnn(C)c1. The number of rotatable bonds is 4. The fourth-order valence-corrected chi connectivity index (χ4v) is 2.32. The summed E-state index contributed by atoms with van der Waals surface area (Å²) < 4.78 is 1.78. The third-order valence-electron chi connectivity index (χ3n) is 3.64. The Morgan fingerprint density at radius 2 is 2.21 bits per heavy atom. The van der Waals surface area contributed by atoms with Crippen molar-refractivity contribution in [3.8, 4) is 0 Å². The average Bonchev–Trinajstić information content (AvgIpc) is 2.83. The summed E-state index contributed by atoms with van der Waals surface area (Å²) in [6, 6.07) is -0.0988. The molecule has 0 aromatic carbocycles. The van der Waals surface area contributed by atoms with Gasteiger partial charge in [-0.1, -0.05) is 0 Å². The zero-order valence-electron chi connectivity index (χ0n) is 12.0. The molecule has 1 saturated heterocycles. The number of aromatic nitrogens is 2. The van der Waals surface area contributed by atoms with Gasteiger partial charge in [0.15, 0.2) is 0 Å². The Hall–Kier alpha value is -1.40. The number of nitrogens with zero attached hydrogens (tertiary/aromatic N) is 4. The minimum absolute atomic E-state index is 0.0988. The standard InChI is InChI=1S/C13H23N5O/c1-11(13(19)18-6-4-14-5-7-18)16(2)9-12-8-15-17(3)10-12/h8,10-11,14H,4-7,9H2,1-3H3. The van der Waals surface area contributed by atoms with Crippen LogP contribution in [0, 0.1) is 0 Å². The molecule has 1 atom stereocenters. The lowest BCUT2D eigenvalue weighted by atomic mass is 10.2. The molecule has 2 heterocycles. The van der Waals surface area contributed by atoms with Crippen molar-refractivity contribution >= 4 is 5.91 Å². The normalized spacial score (nSPS) is 17.8. The molecule has 1 fully saturated rings. The number of carbonyl (C=O) groups is 1. The van der Waals surface area contributed by atoms with Crippen molar-refractivity contribution in [1.82, 2.24) is 24.9 Å². The Morgan fingerprint density at radius 3 is 2.79 bits per heavy atom. The molecule has 0 bridgehead atoms. The van der Waals surface area contributed by atoms with Gasteiger partial charge in [0, 0.05) is 51.5 Å². The molecule has 1 aliphatic rings. The average molecular weight is 265 g/mol. The first-order valence-corrected chi connectivity index (χ1v) is 6.75.